The van der Waals surface area contributed by atoms with Crippen LogP contribution in [0, 0.1) is 17.3 Å². The van der Waals surface area contributed by atoms with Crippen molar-refractivity contribution in [3.8, 4) is 0 Å². The third kappa shape index (κ3) is 6.73. The highest BCUT2D eigenvalue weighted by Gasteiger charge is 2.38. The van der Waals surface area contributed by atoms with Crippen molar-refractivity contribution >= 4 is 11.9 Å². The lowest BCUT2D eigenvalue weighted by Gasteiger charge is -2.29. The van der Waals surface area contributed by atoms with Crippen molar-refractivity contribution in [1.29, 1.82) is 0 Å². The summed E-state index contributed by atoms with van der Waals surface area (Å²) in [6.07, 6.45) is 3.83. The lowest BCUT2D eigenvalue weighted by atomic mass is 9.87. The van der Waals surface area contributed by atoms with Gasteiger partial charge in [-0.25, -0.2) is 0 Å². The van der Waals surface area contributed by atoms with Crippen molar-refractivity contribution in [3.05, 3.63) is 0 Å². The van der Waals surface area contributed by atoms with Gasteiger partial charge in [0, 0.05) is 0 Å². The Balaban J connectivity index is 1.77. The molecule has 27 heavy (non-hydrogen) atoms. The number of ether oxygens (including phenoxy) is 3. The van der Waals surface area contributed by atoms with Crippen molar-refractivity contribution in [3.63, 3.8) is 0 Å². The van der Waals surface area contributed by atoms with Crippen LogP contribution in [-0.2, 0) is 23.8 Å². The van der Waals surface area contributed by atoms with E-state index in [2.05, 4.69) is 0 Å². The first-order valence-electron chi connectivity index (χ1n) is 10.1. The Morgan fingerprint density at radius 3 is 2.48 bits per heavy atom. The van der Waals surface area contributed by atoms with Gasteiger partial charge in [-0.1, -0.05) is 20.3 Å². The molecule has 0 spiro atoms. The number of aliphatic hydroxyl groups excluding tert-OH is 2. The molecule has 6 unspecified atom stereocenters. The second-order valence-electron chi connectivity index (χ2n) is 8.42. The Bertz CT molecular complexity index is 509. The molecule has 1 saturated carbocycles. The van der Waals surface area contributed by atoms with Crippen LogP contribution in [0.4, 0.5) is 0 Å². The monoisotopic (exact) mass is 386 g/mol. The Kier molecular flexibility index (Phi) is 8.06. The Morgan fingerprint density at radius 1 is 1.26 bits per heavy atom. The van der Waals surface area contributed by atoms with Crippen molar-refractivity contribution < 1.29 is 34.0 Å². The first-order chi connectivity index (χ1) is 12.8. The van der Waals surface area contributed by atoms with Gasteiger partial charge >= 0.3 is 11.9 Å². The van der Waals surface area contributed by atoms with Gasteiger partial charge in [-0.3, -0.25) is 9.59 Å². The zero-order valence-corrected chi connectivity index (χ0v) is 16.7. The highest BCUT2D eigenvalue weighted by atomic mass is 16.6. The number of aliphatic hydroxyl groups is 2. The maximum atomic E-state index is 12.3. The van der Waals surface area contributed by atoms with Crippen LogP contribution in [0.3, 0.4) is 0 Å². The van der Waals surface area contributed by atoms with E-state index in [0.29, 0.717) is 25.7 Å². The van der Waals surface area contributed by atoms with Crippen LogP contribution in [-0.4, -0.2) is 60.3 Å². The van der Waals surface area contributed by atoms with Gasteiger partial charge in [-0.2, -0.15) is 0 Å². The summed E-state index contributed by atoms with van der Waals surface area (Å²) in [6.45, 7) is 5.33. The molecule has 2 rings (SSSR count). The van der Waals surface area contributed by atoms with E-state index in [9.17, 15) is 19.8 Å². The first kappa shape index (κ1) is 22.1. The number of epoxide rings is 1. The van der Waals surface area contributed by atoms with E-state index >= 15 is 0 Å². The summed E-state index contributed by atoms with van der Waals surface area (Å²) < 4.78 is 16.2. The maximum Gasteiger partial charge on any atom is 0.309 e. The summed E-state index contributed by atoms with van der Waals surface area (Å²) in [5.74, 6) is -1.19. The molecule has 0 amide bonds. The molecular weight excluding hydrogens is 352 g/mol. The van der Waals surface area contributed by atoms with Crippen LogP contribution in [0.25, 0.3) is 0 Å². The molecule has 1 aliphatic carbocycles. The number of carbonyl (C=O) groups excluding carboxylic acids is 2. The van der Waals surface area contributed by atoms with Crippen molar-refractivity contribution in [2.24, 2.45) is 17.3 Å². The minimum absolute atomic E-state index is 0.0134. The van der Waals surface area contributed by atoms with E-state index in [1.165, 1.54) is 0 Å². The van der Waals surface area contributed by atoms with Gasteiger partial charge in [0.1, 0.15) is 13.2 Å². The zero-order chi connectivity index (χ0) is 20.0. The second-order valence-corrected chi connectivity index (χ2v) is 8.42. The molecular formula is C20H34O7. The molecule has 0 aromatic rings. The van der Waals surface area contributed by atoms with Crippen LogP contribution in [0.2, 0.25) is 0 Å². The minimum atomic E-state index is -0.847. The van der Waals surface area contributed by atoms with E-state index in [1.807, 2.05) is 13.8 Å². The molecule has 7 nitrogen and oxygen atoms in total. The van der Waals surface area contributed by atoms with Gasteiger partial charge in [0.15, 0.2) is 0 Å². The van der Waals surface area contributed by atoms with Crippen LogP contribution in [0.5, 0.6) is 0 Å². The van der Waals surface area contributed by atoms with E-state index in [-0.39, 0.29) is 55.8 Å². The average Bonchev–Trinajstić information content (AvgIpc) is 3.36. The summed E-state index contributed by atoms with van der Waals surface area (Å²) in [4.78, 5) is 24.6. The number of esters is 2. The van der Waals surface area contributed by atoms with E-state index in [0.717, 1.165) is 12.8 Å². The molecule has 0 bridgehead atoms. The second kappa shape index (κ2) is 9.85. The van der Waals surface area contributed by atoms with Crippen molar-refractivity contribution in [1.82, 2.24) is 0 Å². The number of rotatable bonds is 10. The molecule has 0 aromatic carbocycles. The third-order valence-electron chi connectivity index (χ3n) is 5.67. The first-order valence-corrected chi connectivity index (χ1v) is 10.1. The van der Waals surface area contributed by atoms with Crippen LogP contribution in [0.15, 0.2) is 0 Å². The fourth-order valence-corrected chi connectivity index (χ4v) is 3.42. The van der Waals surface area contributed by atoms with Gasteiger partial charge < -0.3 is 24.4 Å². The maximum absolute atomic E-state index is 12.3. The third-order valence-corrected chi connectivity index (χ3v) is 5.67. The fourth-order valence-electron chi connectivity index (χ4n) is 3.42. The van der Waals surface area contributed by atoms with Crippen molar-refractivity contribution in [2.75, 3.05) is 19.8 Å². The van der Waals surface area contributed by atoms with Gasteiger partial charge in [0.05, 0.1) is 42.2 Å². The summed E-state index contributed by atoms with van der Waals surface area (Å²) >= 11 is 0. The molecule has 1 saturated heterocycles. The van der Waals surface area contributed by atoms with Gasteiger partial charge in [0.2, 0.25) is 0 Å². The average molecular weight is 386 g/mol. The standard InChI is InChI=1S/C20H34O7/c1-4-14(9-17-13(2)27-17)18(23)25-11-20(3,10-21)12-26-19(24)15-6-5-7-16(22)8-15/h13-17,21-22H,4-12H2,1-3H3. The number of hydrogen-bond acceptors (Lipinski definition) is 7. The van der Waals surface area contributed by atoms with Crippen LogP contribution in [0.1, 0.15) is 59.3 Å². The number of hydrogen-bond donors (Lipinski definition) is 2. The minimum Gasteiger partial charge on any atom is -0.465 e. The molecule has 6 atom stereocenters. The molecule has 2 aliphatic rings. The molecule has 2 N–H and O–H groups in total. The zero-order valence-electron chi connectivity index (χ0n) is 16.7. The largest absolute Gasteiger partial charge is 0.465 e. The van der Waals surface area contributed by atoms with Gasteiger partial charge in [0.25, 0.3) is 0 Å². The molecule has 0 aromatic heterocycles. The predicted octanol–water partition coefficient (Wildman–Crippen LogP) is 1.83. The smallest absolute Gasteiger partial charge is 0.309 e. The summed E-state index contributed by atoms with van der Waals surface area (Å²) in [6, 6.07) is 0. The van der Waals surface area contributed by atoms with E-state index in [4.69, 9.17) is 14.2 Å². The molecule has 1 aliphatic heterocycles. The summed E-state index contributed by atoms with van der Waals surface area (Å²) in [7, 11) is 0. The summed E-state index contributed by atoms with van der Waals surface area (Å²) in [5, 5.41) is 19.4. The Hall–Kier alpha value is -1.18. The van der Waals surface area contributed by atoms with E-state index < -0.39 is 11.5 Å². The van der Waals surface area contributed by atoms with Crippen LogP contribution < -0.4 is 0 Å². The highest BCUT2D eigenvalue weighted by Crippen LogP contribution is 2.30. The summed E-state index contributed by atoms with van der Waals surface area (Å²) in [5.41, 5.74) is -0.847. The fraction of sp³-hybridized carbons (Fsp3) is 0.900. The molecule has 2 fully saturated rings. The Morgan fingerprint density at radius 2 is 1.93 bits per heavy atom. The SMILES string of the molecule is CCC(CC1OC1C)C(=O)OCC(C)(CO)COC(=O)C1CCCC(O)C1. The molecule has 1 heterocycles. The topological polar surface area (TPSA) is 106 Å². The lowest BCUT2D eigenvalue weighted by molar-refractivity contribution is -0.162. The number of carbonyl (C=O) groups is 2. The molecule has 7 heteroatoms. The van der Waals surface area contributed by atoms with Crippen molar-refractivity contribution in [2.45, 2.75) is 77.6 Å². The van der Waals surface area contributed by atoms with E-state index in [1.54, 1.807) is 6.92 Å². The normalized spacial score (nSPS) is 30.9. The highest BCUT2D eigenvalue weighted by molar-refractivity contribution is 5.73. The quantitative estimate of drug-likeness (QED) is 0.436. The lowest BCUT2D eigenvalue weighted by Crippen LogP contribution is -2.37. The van der Waals surface area contributed by atoms with Gasteiger partial charge in [-0.05, 0) is 39.0 Å². The van der Waals surface area contributed by atoms with Gasteiger partial charge in [-0.15, -0.1) is 0 Å². The Labute approximate surface area is 161 Å². The molecule has 0 radical (unpaired) electrons. The van der Waals surface area contributed by atoms with Crippen LogP contribution >= 0.6 is 0 Å². The predicted molar refractivity (Wildman–Crippen MR) is 97.8 cm³/mol. The molecule has 156 valence electrons.